The Morgan fingerprint density at radius 3 is 2.85 bits per heavy atom. The van der Waals surface area contributed by atoms with Crippen LogP contribution in [0.2, 0.25) is 0 Å². The summed E-state index contributed by atoms with van der Waals surface area (Å²) in [6.07, 6.45) is 5.26. The molecule has 7 heteroatoms. The standard InChI is InChI=1S/C20H22FN5O/c1-20(21)7-3-6-17(20)25-18-15(19(23)27)10-24-26-11-13(9-16(18)26)12-4-2-5-14(22)8-12/h2,4-5,8-11,17,25H,3,6-7,22H2,1H3,(H2,23,27). The molecule has 4 rings (SSSR count). The molecule has 3 aromatic rings. The molecular weight excluding hydrogens is 345 g/mol. The third-order valence-corrected chi connectivity index (χ3v) is 5.33. The molecule has 0 spiro atoms. The zero-order valence-corrected chi connectivity index (χ0v) is 15.1. The van der Waals surface area contributed by atoms with Gasteiger partial charge in [-0.1, -0.05) is 12.1 Å². The van der Waals surface area contributed by atoms with Crippen molar-refractivity contribution in [1.82, 2.24) is 9.61 Å². The van der Waals surface area contributed by atoms with Gasteiger partial charge in [0.2, 0.25) is 0 Å². The highest BCUT2D eigenvalue weighted by Crippen LogP contribution is 2.37. The Morgan fingerprint density at radius 2 is 2.19 bits per heavy atom. The summed E-state index contributed by atoms with van der Waals surface area (Å²) in [6.45, 7) is 1.59. The Kier molecular flexibility index (Phi) is 4.02. The average molecular weight is 367 g/mol. The fraction of sp³-hybridized carbons (Fsp3) is 0.300. The minimum atomic E-state index is -1.33. The van der Waals surface area contributed by atoms with Gasteiger partial charge in [-0.2, -0.15) is 5.10 Å². The number of amides is 1. The summed E-state index contributed by atoms with van der Waals surface area (Å²) in [7, 11) is 0. The number of benzene rings is 1. The predicted molar refractivity (Wildman–Crippen MR) is 104 cm³/mol. The van der Waals surface area contributed by atoms with Crippen molar-refractivity contribution in [2.24, 2.45) is 5.73 Å². The van der Waals surface area contributed by atoms with Gasteiger partial charge in [0.25, 0.3) is 5.91 Å². The lowest BCUT2D eigenvalue weighted by Gasteiger charge is -2.26. The molecule has 1 aliphatic rings. The van der Waals surface area contributed by atoms with E-state index in [2.05, 4.69) is 10.4 Å². The molecule has 140 valence electrons. The van der Waals surface area contributed by atoms with Gasteiger partial charge in [0, 0.05) is 17.4 Å². The van der Waals surface area contributed by atoms with Crippen molar-refractivity contribution < 1.29 is 9.18 Å². The quantitative estimate of drug-likeness (QED) is 0.616. The van der Waals surface area contributed by atoms with Gasteiger partial charge < -0.3 is 16.8 Å². The molecule has 1 fully saturated rings. The summed E-state index contributed by atoms with van der Waals surface area (Å²) in [6, 6.07) is 9.03. The second kappa shape index (κ2) is 6.26. The van der Waals surface area contributed by atoms with Gasteiger partial charge in [-0.3, -0.25) is 4.79 Å². The number of alkyl halides is 1. The lowest BCUT2D eigenvalue weighted by molar-refractivity contribution is 0.1000. The number of carbonyl (C=O) groups is 1. The van der Waals surface area contributed by atoms with E-state index in [0.29, 0.717) is 29.7 Å². The molecule has 0 aliphatic heterocycles. The van der Waals surface area contributed by atoms with Gasteiger partial charge in [-0.05, 0) is 49.9 Å². The highest BCUT2D eigenvalue weighted by molar-refractivity contribution is 6.02. The maximum Gasteiger partial charge on any atom is 0.252 e. The zero-order valence-electron chi connectivity index (χ0n) is 15.1. The van der Waals surface area contributed by atoms with E-state index in [1.807, 2.05) is 36.5 Å². The van der Waals surface area contributed by atoms with Gasteiger partial charge >= 0.3 is 0 Å². The van der Waals surface area contributed by atoms with Crippen molar-refractivity contribution in [3.8, 4) is 11.1 Å². The maximum absolute atomic E-state index is 14.8. The fourth-order valence-electron chi connectivity index (χ4n) is 3.80. The van der Waals surface area contributed by atoms with Crippen LogP contribution in [0.25, 0.3) is 16.6 Å². The summed E-state index contributed by atoms with van der Waals surface area (Å²) < 4.78 is 16.5. The van der Waals surface area contributed by atoms with E-state index in [4.69, 9.17) is 11.5 Å². The summed E-state index contributed by atoms with van der Waals surface area (Å²) in [4.78, 5) is 11.9. The molecule has 0 radical (unpaired) electrons. The van der Waals surface area contributed by atoms with Crippen molar-refractivity contribution in [3.63, 3.8) is 0 Å². The number of primary amides is 1. The van der Waals surface area contributed by atoms with Crippen LogP contribution in [0.3, 0.4) is 0 Å². The molecule has 1 amide bonds. The number of nitrogen functional groups attached to an aromatic ring is 1. The molecule has 1 aromatic carbocycles. The Hall–Kier alpha value is -3.09. The van der Waals surface area contributed by atoms with Crippen LogP contribution in [0.4, 0.5) is 15.8 Å². The molecule has 5 N–H and O–H groups in total. The minimum Gasteiger partial charge on any atom is -0.399 e. The van der Waals surface area contributed by atoms with Gasteiger partial charge in [-0.25, -0.2) is 8.91 Å². The van der Waals surface area contributed by atoms with E-state index >= 15 is 0 Å². The monoisotopic (exact) mass is 367 g/mol. The fourth-order valence-corrected chi connectivity index (χ4v) is 3.80. The number of nitrogens with zero attached hydrogens (tertiary/aromatic N) is 2. The number of nitrogens with two attached hydrogens (primary N) is 2. The highest BCUT2D eigenvalue weighted by atomic mass is 19.1. The lowest BCUT2D eigenvalue weighted by atomic mass is 10.0. The molecule has 0 bridgehead atoms. The van der Waals surface area contributed by atoms with Crippen LogP contribution in [0.15, 0.2) is 42.7 Å². The van der Waals surface area contributed by atoms with Crippen molar-refractivity contribution >= 4 is 22.8 Å². The van der Waals surface area contributed by atoms with Crippen LogP contribution in [-0.4, -0.2) is 27.2 Å². The van der Waals surface area contributed by atoms with Crippen LogP contribution in [-0.2, 0) is 0 Å². The number of carbonyl (C=O) groups excluding carboxylic acids is 1. The second-order valence-electron chi connectivity index (χ2n) is 7.35. The molecule has 2 unspecified atom stereocenters. The van der Waals surface area contributed by atoms with Crippen molar-refractivity contribution in [2.45, 2.75) is 37.9 Å². The first-order chi connectivity index (χ1) is 12.8. The number of halogens is 1. The predicted octanol–water partition coefficient (Wildman–Crippen LogP) is 3.38. The number of anilines is 2. The second-order valence-corrected chi connectivity index (χ2v) is 7.35. The normalized spacial score (nSPS) is 22.2. The van der Waals surface area contributed by atoms with Gasteiger partial charge in [0.15, 0.2) is 0 Å². The number of nitrogens with one attached hydrogen (secondary N) is 1. The van der Waals surface area contributed by atoms with E-state index in [1.165, 1.54) is 6.20 Å². The summed E-state index contributed by atoms with van der Waals surface area (Å²) in [5, 5.41) is 7.53. The van der Waals surface area contributed by atoms with Crippen LogP contribution in [0, 0.1) is 0 Å². The highest BCUT2D eigenvalue weighted by Gasteiger charge is 2.39. The van der Waals surface area contributed by atoms with Crippen molar-refractivity contribution in [1.29, 1.82) is 0 Å². The van der Waals surface area contributed by atoms with E-state index < -0.39 is 11.6 Å². The molecule has 6 nitrogen and oxygen atoms in total. The molecule has 2 heterocycles. The Labute approximate surface area is 156 Å². The van der Waals surface area contributed by atoms with Crippen molar-refractivity contribution in [3.05, 3.63) is 48.3 Å². The van der Waals surface area contributed by atoms with Crippen molar-refractivity contribution in [2.75, 3.05) is 11.1 Å². The Balaban J connectivity index is 1.84. The first kappa shape index (κ1) is 17.3. The SMILES string of the molecule is CC1(F)CCCC1Nc1c(C(N)=O)cnn2cc(-c3cccc(N)c3)cc12. The van der Waals surface area contributed by atoms with Gasteiger partial charge in [0.1, 0.15) is 5.67 Å². The largest absolute Gasteiger partial charge is 0.399 e. The van der Waals surface area contributed by atoms with Crippen LogP contribution in [0.5, 0.6) is 0 Å². The maximum atomic E-state index is 14.8. The van der Waals surface area contributed by atoms with Crippen LogP contribution in [0.1, 0.15) is 36.5 Å². The zero-order chi connectivity index (χ0) is 19.2. The molecule has 0 saturated heterocycles. The Morgan fingerprint density at radius 1 is 1.37 bits per heavy atom. The van der Waals surface area contributed by atoms with Gasteiger partial charge in [-0.15, -0.1) is 0 Å². The molecule has 2 atom stereocenters. The van der Waals surface area contributed by atoms with E-state index in [9.17, 15) is 9.18 Å². The van der Waals surface area contributed by atoms with E-state index in [1.54, 1.807) is 11.4 Å². The van der Waals surface area contributed by atoms with Gasteiger partial charge in [0.05, 0.1) is 29.0 Å². The third kappa shape index (κ3) is 3.09. The summed E-state index contributed by atoms with van der Waals surface area (Å²) in [5.41, 5.74) is 14.0. The third-order valence-electron chi connectivity index (χ3n) is 5.33. The molecule has 1 saturated carbocycles. The topological polar surface area (TPSA) is 98.4 Å². The Bertz CT molecular complexity index is 1030. The first-order valence-corrected chi connectivity index (χ1v) is 8.98. The number of hydrogen-bond acceptors (Lipinski definition) is 4. The summed E-state index contributed by atoms with van der Waals surface area (Å²) >= 11 is 0. The number of fused-ring (bicyclic) bond motifs is 1. The van der Waals surface area contributed by atoms with Crippen LogP contribution < -0.4 is 16.8 Å². The first-order valence-electron chi connectivity index (χ1n) is 8.98. The lowest BCUT2D eigenvalue weighted by Crippen LogP contribution is -2.36. The molecule has 2 aromatic heterocycles. The number of aromatic nitrogens is 2. The smallest absolute Gasteiger partial charge is 0.252 e. The molecule has 1 aliphatic carbocycles. The average Bonchev–Trinajstić information content (AvgIpc) is 3.18. The number of hydrogen-bond donors (Lipinski definition) is 3. The number of rotatable bonds is 4. The van der Waals surface area contributed by atoms with Crippen LogP contribution >= 0.6 is 0 Å². The molecular formula is C20H22FN5O. The van der Waals surface area contributed by atoms with E-state index in [-0.39, 0.29) is 11.6 Å². The minimum absolute atomic E-state index is 0.252. The van der Waals surface area contributed by atoms with E-state index in [0.717, 1.165) is 17.5 Å². The summed E-state index contributed by atoms with van der Waals surface area (Å²) in [5.74, 6) is -0.599. The molecule has 27 heavy (non-hydrogen) atoms.